The van der Waals surface area contributed by atoms with Gasteiger partial charge in [0.2, 0.25) is 5.91 Å². The van der Waals surface area contributed by atoms with E-state index in [1.807, 2.05) is 17.4 Å². The molecule has 2 heterocycles. The summed E-state index contributed by atoms with van der Waals surface area (Å²) in [6, 6.07) is 14.7. The second kappa shape index (κ2) is 4.30. The number of carbonyl (C=O) groups is 1. The van der Waals surface area contributed by atoms with Gasteiger partial charge in [-0.15, -0.1) is 22.7 Å². The Kier molecular flexibility index (Phi) is 2.55. The van der Waals surface area contributed by atoms with Crippen molar-refractivity contribution in [2.45, 2.75) is 6.92 Å². The van der Waals surface area contributed by atoms with Gasteiger partial charge in [-0.1, -0.05) is 24.3 Å². The van der Waals surface area contributed by atoms with Crippen molar-refractivity contribution in [1.29, 1.82) is 0 Å². The zero-order valence-electron chi connectivity index (χ0n) is 10.8. The van der Waals surface area contributed by atoms with Gasteiger partial charge in [-0.25, -0.2) is 0 Å². The van der Waals surface area contributed by atoms with Gasteiger partial charge in [0, 0.05) is 38.2 Å². The number of nitrogens with one attached hydrogen (secondary N) is 1. The Labute approximate surface area is 123 Å². The largest absolute Gasteiger partial charge is 0.326 e. The third-order valence-corrected chi connectivity index (χ3v) is 5.75. The SMILES string of the molecule is CC(=O)Nc1ccc2c(c1)sc1sc3ccccc3c12. The minimum atomic E-state index is -0.0341. The minimum absolute atomic E-state index is 0.0341. The third kappa shape index (κ3) is 1.72. The summed E-state index contributed by atoms with van der Waals surface area (Å²) in [4.78, 5) is 11.1. The second-order valence-corrected chi connectivity index (χ2v) is 7.12. The van der Waals surface area contributed by atoms with E-state index in [1.54, 1.807) is 11.3 Å². The van der Waals surface area contributed by atoms with Crippen molar-refractivity contribution in [1.82, 2.24) is 0 Å². The predicted octanol–water partition coefficient (Wildman–Crippen LogP) is 5.23. The molecule has 0 saturated carbocycles. The molecule has 4 rings (SSSR count). The molecule has 1 amide bonds. The first-order valence-electron chi connectivity index (χ1n) is 6.34. The molecule has 0 atom stereocenters. The van der Waals surface area contributed by atoms with Crippen molar-refractivity contribution in [3.63, 3.8) is 0 Å². The molecule has 0 aliphatic carbocycles. The molecule has 2 aromatic carbocycles. The van der Waals surface area contributed by atoms with E-state index in [2.05, 4.69) is 41.7 Å². The van der Waals surface area contributed by atoms with Gasteiger partial charge in [0.1, 0.15) is 0 Å². The van der Waals surface area contributed by atoms with Crippen LogP contribution in [0.3, 0.4) is 0 Å². The van der Waals surface area contributed by atoms with E-state index >= 15 is 0 Å². The Morgan fingerprint density at radius 1 is 1.00 bits per heavy atom. The van der Waals surface area contributed by atoms with Crippen LogP contribution in [0.1, 0.15) is 6.92 Å². The maximum Gasteiger partial charge on any atom is 0.221 e. The molecule has 4 aromatic rings. The average Bonchev–Trinajstić information content (AvgIpc) is 2.92. The molecule has 2 nitrogen and oxygen atoms in total. The lowest BCUT2D eigenvalue weighted by Crippen LogP contribution is -2.04. The van der Waals surface area contributed by atoms with Crippen LogP contribution in [0.4, 0.5) is 5.69 Å². The Bertz CT molecular complexity index is 965. The van der Waals surface area contributed by atoms with Crippen LogP contribution in [-0.2, 0) is 4.79 Å². The summed E-state index contributed by atoms with van der Waals surface area (Å²) in [5, 5.41) is 6.79. The highest BCUT2D eigenvalue weighted by Crippen LogP contribution is 2.44. The summed E-state index contributed by atoms with van der Waals surface area (Å²) < 4.78 is 3.91. The van der Waals surface area contributed by atoms with Gasteiger partial charge < -0.3 is 5.32 Å². The van der Waals surface area contributed by atoms with Gasteiger partial charge in [0.05, 0.1) is 4.01 Å². The Morgan fingerprint density at radius 3 is 2.60 bits per heavy atom. The number of benzene rings is 2. The summed E-state index contributed by atoms with van der Waals surface area (Å²) in [6.45, 7) is 1.53. The highest BCUT2D eigenvalue weighted by Gasteiger charge is 2.12. The van der Waals surface area contributed by atoms with Gasteiger partial charge in [0.15, 0.2) is 0 Å². The Hall–Kier alpha value is -1.91. The fourth-order valence-electron chi connectivity index (χ4n) is 2.54. The summed E-state index contributed by atoms with van der Waals surface area (Å²) in [5.41, 5.74) is 0.864. The topological polar surface area (TPSA) is 29.1 Å². The molecule has 0 fully saturated rings. The number of fused-ring (bicyclic) bond motifs is 5. The minimum Gasteiger partial charge on any atom is -0.326 e. The van der Waals surface area contributed by atoms with E-state index < -0.39 is 0 Å². The highest BCUT2D eigenvalue weighted by molar-refractivity contribution is 7.44. The van der Waals surface area contributed by atoms with E-state index in [-0.39, 0.29) is 5.91 Å². The summed E-state index contributed by atoms with van der Waals surface area (Å²) in [6.07, 6.45) is 0. The molecule has 0 radical (unpaired) electrons. The van der Waals surface area contributed by atoms with Crippen molar-refractivity contribution in [2.24, 2.45) is 0 Å². The van der Waals surface area contributed by atoms with Crippen LogP contribution in [0, 0.1) is 0 Å². The molecular weight excluding hydrogens is 286 g/mol. The lowest BCUT2D eigenvalue weighted by atomic mass is 10.1. The van der Waals surface area contributed by atoms with E-state index in [1.165, 1.54) is 36.5 Å². The van der Waals surface area contributed by atoms with E-state index in [4.69, 9.17) is 0 Å². The monoisotopic (exact) mass is 297 g/mol. The van der Waals surface area contributed by atoms with Crippen molar-refractivity contribution in [3.05, 3.63) is 42.5 Å². The normalized spacial score (nSPS) is 11.4. The number of hydrogen-bond donors (Lipinski definition) is 1. The molecule has 1 N–H and O–H groups in total. The van der Waals surface area contributed by atoms with Crippen molar-refractivity contribution in [2.75, 3.05) is 5.32 Å². The first kappa shape index (κ1) is 11.9. The first-order chi connectivity index (χ1) is 9.72. The van der Waals surface area contributed by atoms with Gasteiger partial charge >= 0.3 is 0 Å². The molecule has 0 saturated heterocycles. The van der Waals surface area contributed by atoms with Crippen molar-refractivity contribution in [3.8, 4) is 0 Å². The lowest BCUT2D eigenvalue weighted by molar-refractivity contribution is -0.114. The molecule has 0 aliphatic heterocycles. The predicted molar refractivity (Wildman–Crippen MR) is 89.0 cm³/mol. The standard InChI is InChI=1S/C16H11NOS2/c1-9(18)17-10-6-7-12-14(8-10)20-16-15(12)11-4-2-3-5-13(11)19-16/h2-8H,1H3,(H,17,18). The zero-order valence-corrected chi connectivity index (χ0v) is 12.4. The average molecular weight is 297 g/mol. The molecule has 20 heavy (non-hydrogen) atoms. The van der Waals surface area contributed by atoms with Crippen LogP contribution in [0.5, 0.6) is 0 Å². The van der Waals surface area contributed by atoms with Crippen LogP contribution in [-0.4, -0.2) is 5.91 Å². The fraction of sp³-hybridized carbons (Fsp3) is 0.0625. The first-order valence-corrected chi connectivity index (χ1v) is 7.97. The number of thiophene rings is 2. The zero-order chi connectivity index (χ0) is 13.7. The number of carbonyl (C=O) groups excluding carboxylic acids is 1. The molecule has 0 bridgehead atoms. The Balaban J connectivity index is 2.03. The molecule has 0 spiro atoms. The van der Waals surface area contributed by atoms with Gasteiger partial charge in [0.25, 0.3) is 0 Å². The third-order valence-electron chi connectivity index (χ3n) is 3.34. The fourth-order valence-corrected chi connectivity index (χ4v) is 5.19. The number of hydrogen-bond acceptors (Lipinski definition) is 3. The van der Waals surface area contributed by atoms with Gasteiger partial charge in [-0.3, -0.25) is 4.79 Å². The highest BCUT2D eigenvalue weighted by atomic mass is 32.2. The summed E-state index contributed by atoms with van der Waals surface area (Å²) in [7, 11) is 0. The lowest BCUT2D eigenvalue weighted by Gasteiger charge is -2.01. The van der Waals surface area contributed by atoms with E-state index in [0.717, 1.165) is 5.69 Å². The van der Waals surface area contributed by atoms with Crippen molar-refractivity contribution >= 4 is 63.8 Å². The molecule has 2 aromatic heterocycles. The molecule has 98 valence electrons. The number of rotatable bonds is 1. The van der Waals surface area contributed by atoms with Gasteiger partial charge in [-0.05, 0) is 18.2 Å². The van der Waals surface area contributed by atoms with Gasteiger partial charge in [-0.2, -0.15) is 0 Å². The molecule has 0 aliphatic rings. The smallest absolute Gasteiger partial charge is 0.221 e. The van der Waals surface area contributed by atoms with Crippen molar-refractivity contribution < 1.29 is 4.79 Å². The van der Waals surface area contributed by atoms with Crippen LogP contribution in [0.25, 0.3) is 29.6 Å². The maximum absolute atomic E-state index is 11.1. The summed E-state index contributed by atoms with van der Waals surface area (Å²) >= 11 is 3.63. The van der Waals surface area contributed by atoms with E-state index in [9.17, 15) is 4.79 Å². The van der Waals surface area contributed by atoms with Crippen LogP contribution in [0.15, 0.2) is 42.5 Å². The van der Waals surface area contributed by atoms with Crippen LogP contribution < -0.4 is 5.32 Å². The van der Waals surface area contributed by atoms with E-state index in [0.29, 0.717) is 0 Å². The molecular formula is C16H11NOS2. The molecule has 4 heteroatoms. The maximum atomic E-state index is 11.1. The molecule has 0 unspecified atom stereocenters. The van der Waals surface area contributed by atoms with Crippen LogP contribution in [0.2, 0.25) is 0 Å². The quantitative estimate of drug-likeness (QED) is 0.512. The summed E-state index contributed by atoms with van der Waals surface area (Å²) in [5.74, 6) is -0.0341. The van der Waals surface area contributed by atoms with Crippen LogP contribution >= 0.6 is 22.7 Å². The number of anilines is 1. The Morgan fingerprint density at radius 2 is 1.75 bits per heavy atom. The second-order valence-electron chi connectivity index (χ2n) is 4.75. The number of amides is 1.